The van der Waals surface area contributed by atoms with Crippen LogP contribution in [0.5, 0.6) is 5.75 Å². The van der Waals surface area contributed by atoms with Crippen LogP contribution in [0.15, 0.2) is 36.9 Å². The van der Waals surface area contributed by atoms with E-state index in [0.717, 1.165) is 6.29 Å². The van der Waals surface area contributed by atoms with Crippen molar-refractivity contribution >= 4 is 12.1 Å². The molecule has 0 radical (unpaired) electrons. The van der Waals surface area contributed by atoms with E-state index in [2.05, 4.69) is 6.58 Å². The molecule has 1 aromatic rings. The number of benzene rings is 1. The van der Waals surface area contributed by atoms with E-state index in [0.29, 0.717) is 17.7 Å². The molecule has 2 unspecified atom stereocenters. The molecule has 1 rings (SSSR count). The molecule has 0 amide bonds. The van der Waals surface area contributed by atoms with Gasteiger partial charge in [-0.05, 0) is 43.7 Å². The smallest absolute Gasteiger partial charge is 0.158 e. The summed E-state index contributed by atoms with van der Waals surface area (Å²) in [7, 11) is 0. The largest absolute Gasteiger partial charge is 0.491 e. The highest BCUT2D eigenvalue weighted by Gasteiger charge is 2.14. The molecule has 0 spiro atoms. The number of carbonyl (C=O) groups excluding carboxylic acids is 2. The molecule has 0 aromatic heterocycles. The third kappa shape index (κ3) is 4.17. The van der Waals surface area contributed by atoms with Crippen molar-refractivity contribution in [3.8, 4) is 5.75 Å². The highest BCUT2D eigenvalue weighted by molar-refractivity contribution is 5.90. The number of ketones is 1. The SMILES string of the molecule is C=CC(=O)C(C)CC(C)Oc1ccc(C=O)cc1. The molecule has 3 nitrogen and oxygen atoms in total. The summed E-state index contributed by atoms with van der Waals surface area (Å²) in [6.07, 6.45) is 2.71. The third-order valence-electron chi connectivity index (χ3n) is 2.73. The number of allylic oxidation sites excluding steroid dienone is 1. The number of rotatable bonds is 7. The van der Waals surface area contributed by atoms with E-state index in [1.54, 1.807) is 24.3 Å². The van der Waals surface area contributed by atoms with Crippen molar-refractivity contribution in [3.05, 3.63) is 42.5 Å². The van der Waals surface area contributed by atoms with Gasteiger partial charge in [-0.1, -0.05) is 13.5 Å². The highest BCUT2D eigenvalue weighted by Crippen LogP contribution is 2.17. The van der Waals surface area contributed by atoms with Gasteiger partial charge in [-0.3, -0.25) is 9.59 Å². The van der Waals surface area contributed by atoms with E-state index < -0.39 is 0 Å². The van der Waals surface area contributed by atoms with Crippen molar-refractivity contribution in [2.45, 2.75) is 26.4 Å². The quantitative estimate of drug-likeness (QED) is 0.548. The zero-order chi connectivity index (χ0) is 13.5. The lowest BCUT2D eigenvalue weighted by molar-refractivity contribution is -0.118. The minimum absolute atomic E-state index is 0.0294. The van der Waals surface area contributed by atoms with Gasteiger partial charge in [0.25, 0.3) is 0 Å². The molecule has 0 aliphatic carbocycles. The molecule has 0 aliphatic heterocycles. The second-order valence-corrected chi connectivity index (χ2v) is 4.36. The fraction of sp³-hybridized carbons (Fsp3) is 0.333. The van der Waals surface area contributed by atoms with E-state index in [-0.39, 0.29) is 17.8 Å². The summed E-state index contributed by atoms with van der Waals surface area (Å²) in [5.74, 6) is 0.639. The van der Waals surface area contributed by atoms with Crippen LogP contribution >= 0.6 is 0 Å². The maximum Gasteiger partial charge on any atom is 0.158 e. The molecule has 0 heterocycles. The number of aldehydes is 1. The van der Waals surface area contributed by atoms with Crippen LogP contribution in [0, 0.1) is 5.92 Å². The van der Waals surface area contributed by atoms with Gasteiger partial charge in [-0.25, -0.2) is 0 Å². The zero-order valence-corrected chi connectivity index (χ0v) is 10.8. The standard InChI is InChI=1S/C15H18O3/c1-4-15(17)11(2)9-12(3)18-14-7-5-13(10-16)6-8-14/h4-8,10-12H,1,9H2,2-3H3. The first kappa shape index (κ1) is 14.2. The van der Waals surface area contributed by atoms with Gasteiger partial charge >= 0.3 is 0 Å². The molecule has 2 atom stereocenters. The third-order valence-corrected chi connectivity index (χ3v) is 2.73. The maximum absolute atomic E-state index is 11.4. The lowest BCUT2D eigenvalue weighted by Gasteiger charge is -2.17. The number of carbonyl (C=O) groups is 2. The molecule has 0 saturated heterocycles. The summed E-state index contributed by atoms with van der Waals surface area (Å²) in [5, 5.41) is 0. The van der Waals surface area contributed by atoms with E-state index >= 15 is 0 Å². The topological polar surface area (TPSA) is 43.4 Å². The summed E-state index contributed by atoms with van der Waals surface area (Å²) in [6, 6.07) is 6.90. The Morgan fingerprint density at radius 2 is 1.94 bits per heavy atom. The monoisotopic (exact) mass is 246 g/mol. The van der Waals surface area contributed by atoms with Crippen LogP contribution in [-0.4, -0.2) is 18.2 Å². The van der Waals surface area contributed by atoms with Gasteiger partial charge in [0.2, 0.25) is 0 Å². The summed E-state index contributed by atoms with van der Waals surface area (Å²) < 4.78 is 5.68. The van der Waals surface area contributed by atoms with Gasteiger partial charge < -0.3 is 4.74 Å². The van der Waals surface area contributed by atoms with Crippen LogP contribution in [-0.2, 0) is 4.79 Å². The van der Waals surface area contributed by atoms with Crippen molar-refractivity contribution in [2.75, 3.05) is 0 Å². The number of hydrogen-bond donors (Lipinski definition) is 0. The van der Waals surface area contributed by atoms with E-state index in [1.165, 1.54) is 6.08 Å². The van der Waals surface area contributed by atoms with Crippen LogP contribution in [0.4, 0.5) is 0 Å². The molecule has 1 aromatic carbocycles. The molecule has 0 fully saturated rings. The summed E-state index contributed by atoms with van der Waals surface area (Å²) in [5.41, 5.74) is 0.616. The Kier molecular flexibility index (Phi) is 5.31. The predicted octanol–water partition coefficient (Wildman–Crippen LogP) is 3.05. The minimum atomic E-state index is -0.0910. The Bertz CT molecular complexity index is 420. The van der Waals surface area contributed by atoms with Crippen molar-refractivity contribution in [1.29, 1.82) is 0 Å². The molecular formula is C15H18O3. The average Bonchev–Trinajstić information content (AvgIpc) is 2.38. The van der Waals surface area contributed by atoms with Crippen molar-refractivity contribution < 1.29 is 14.3 Å². The molecule has 96 valence electrons. The van der Waals surface area contributed by atoms with Crippen molar-refractivity contribution in [1.82, 2.24) is 0 Å². The van der Waals surface area contributed by atoms with E-state index in [9.17, 15) is 9.59 Å². The lowest BCUT2D eigenvalue weighted by Crippen LogP contribution is -2.19. The predicted molar refractivity (Wildman–Crippen MR) is 70.9 cm³/mol. The molecule has 0 aliphatic rings. The summed E-state index contributed by atoms with van der Waals surface area (Å²) >= 11 is 0. The fourth-order valence-corrected chi connectivity index (χ4v) is 1.72. The normalized spacial score (nSPS) is 13.4. The molecular weight excluding hydrogens is 228 g/mol. The van der Waals surface area contributed by atoms with Gasteiger partial charge in [0.05, 0.1) is 6.10 Å². The second-order valence-electron chi connectivity index (χ2n) is 4.36. The summed E-state index contributed by atoms with van der Waals surface area (Å²) in [4.78, 5) is 21.9. The van der Waals surface area contributed by atoms with E-state index in [1.807, 2.05) is 13.8 Å². The van der Waals surface area contributed by atoms with Crippen LogP contribution in [0.1, 0.15) is 30.6 Å². The first-order valence-electron chi connectivity index (χ1n) is 5.95. The van der Waals surface area contributed by atoms with Gasteiger partial charge in [-0.15, -0.1) is 0 Å². The molecule has 0 bridgehead atoms. The Morgan fingerprint density at radius 3 is 2.44 bits per heavy atom. The first-order chi connectivity index (χ1) is 8.56. The van der Waals surface area contributed by atoms with Gasteiger partial charge in [0.1, 0.15) is 12.0 Å². The lowest BCUT2D eigenvalue weighted by atomic mass is 9.99. The van der Waals surface area contributed by atoms with Crippen molar-refractivity contribution in [2.24, 2.45) is 5.92 Å². The second kappa shape index (κ2) is 6.74. The number of hydrogen-bond acceptors (Lipinski definition) is 3. The fourth-order valence-electron chi connectivity index (χ4n) is 1.72. The van der Waals surface area contributed by atoms with Crippen LogP contribution in [0.2, 0.25) is 0 Å². The average molecular weight is 246 g/mol. The Balaban J connectivity index is 2.53. The Morgan fingerprint density at radius 1 is 1.33 bits per heavy atom. The van der Waals surface area contributed by atoms with Crippen molar-refractivity contribution in [3.63, 3.8) is 0 Å². The number of ether oxygens (including phenoxy) is 1. The van der Waals surface area contributed by atoms with Crippen LogP contribution in [0.25, 0.3) is 0 Å². The van der Waals surface area contributed by atoms with Crippen LogP contribution < -0.4 is 4.74 Å². The van der Waals surface area contributed by atoms with Crippen LogP contribution in [0.3, 0.4) is 0 Å². The van der Waals surface area contributed by atoms with Gasteiger partial charge in [-0.2, -0.15) is 0 Å². The zero-order valence-electron chi connectivity index (χ0n) is 10.8. The first-order valence-corrected chi connectivity index (χ1v) is 5.95. The van der Waals surface area contributed by atoms with Gasteiger partial charge in [0.15, 0.2) is 5.78 Å². The molecule has 18 heavy (non-hydrogen) atoms. The molecule has 3 heteroatoms. The highest BCUT2D eigenvalue weighted by atomic mass is 16.5. The Hall–Kier alpha value is -1.90. The summed E-state index contributed by atoms with van der Waals surface area (Å²) in [6.45, 7) is 7.25. The van der Waals surface area contributed by atoms with Gasteiger partial charge in [0, 0.05) is 11.5 Å². The minimum Gasteiger partial charge on any atom is -0.491 e. The molecule has 0 N–H and O–H groups in total. The van der Waals surface area contributed by atoms with E-state index in [4.69, 9.17) is 4.74 Å². The molecule has 0 saturated carbocycles. The maximum atomic E-state index is 11.4. The Labute approximate surface area is 107 Å².